The minimum Gasteiger partial charge on any atom is -0.497 e. The van der Waals surface area contributed by atoms with Gasteiger partial charge in [0.15, 0.2) is 11.0 Å². The normalized spacial score (nSPS) is 13.2. The summed E-state index contributed by atoms with van der Waals surface area (Å²) in [6.45, 7) is 0. The number of pyridine rings is 1. The van der Waals surface area contributed by atoms with E-state index in [4.69, 9.17) is 9.47 Å². The fourth-order valence-electron chi connectivity index (χ4n) is 2.96. The molecule has 9 heteroatoms. The molecule has 0 spiro atoms. The van der Waals surface area contributed by atoms with Crippen LogP contribution in [0.5, 0.6) is 11.5 Å². The molecule has 1 N–H and O–H groups in total. The number of nitrogens with zero attached hydrogens (tertiary/aromatic N) is 4. The SMILES string of the molecule is COc1ccc(OC)c(NC(=O)CSc2nnc(-c3ccncc3)n2C2CC2)c1. The lowest BCUT2D eigenvalue weighted by molar-refractivity contribution is -0.113. The van der Waals surface area contributed by atoms with Crippen molar-refractivity contribution < 1.29 is 14.3 Å². The number of aromatic nitrogens is 4. The van der Waals surface area contributed by atoms with E-state index in [1.807, 2.05) is 12.1 Å². The number of carbonyl (C=O) groups excluding carboxylic acids is 1. The van der Waals surface area contributed by atoms with Crippen molar-refractivity contribution in [1.29, 1.82) is 0 Å². The summed E-state index contributed by atoms with van der Waals surface area (Å²) in [7, 11) is 3.14. The number of rotatable bonds is 8. The summed E-state index contributed by atoms with van der Waals surface area (Å²) in [5.41, 5.74) is 1.54. The van der Waals surface area contributed by atoms with E-state index in [9.17, 15) is 4.79 Å². The molecule has 2 aromatic heterocycles. The van der Waals surface area contributed by atoms with Crippen LogP contribution in [0.4, 0.5) is 5.69 Å². The maximum atomic E-state index is 12.5. The fraction of sp³-hybridized carbons (Fsp3) is 0.300. The third kappa shape index (κ3) is 4.34. The predicted molar refractivity (Wildman–Crippen MR) is 110 cm³/mol. The van der Waals surface area contributed by atoms with Gasteiger partial charge in [-0.1, -0.05) is 11.8 Å². The van der Waals surface area contributed by atoms with E-state index in [0.717, 1.165) is 29.4 Å². The van der Waals surface area contributed by atoms with Crippen LogP contribution in [-0.4, -0.2) is 45.6 Å². The van der Waals surface area contributed by atoms with Gasteiger partial charge < -0.3 is 14.8 Å². The molecule has 8 nitrogen and oxygen atoms in total. The standard InChI is InChI=1S/C20H21N5O3S/c1-27-15-5-6-17(28-2)16(11-15)22-18(26)12-29-20-24-23-19(25(20)14-3-4-14)13-7-9-21-10-8-13/h5-11,14H,3-4,12H2,1-2H3,(H,22,26). The van der Waals surface area contributed by atoms with Gasteiger partial charge in [0.2, 0.25) is 5.91 Å². The Bertz CT molecular complexity index is 1000. The Balaban J connectivity index is 1.47. The second-order valence-electron chi connectivity index (χ2n) is 6.55. The van der Waals surface area contributed by atoms with Crippen LogP contribution in [0.25, 0.3) is 11.4 Å². The lowest BCUT2D eigenvalue weighted by Crippen LogP contribution is -2.15. The predicted octanol–water partition coefficient (Wildman–Crippen LogP) is 3.42. The minimum absolute atomic E-state index is 0.155. The molecule has 1 saturated carbocycles. The van der Waals surface area contributed by atoms with Crippen LogP contribution in [0.3, 0.4) is 0 Å². The molecule has 2 heterocycles. The molecule has 1 amide bonds. The zero-order valence-electron chi connectivity index (χ0n) is 16.2. The Morgan fingerprint density at radius 3 is 2.66 bits per heavy atom. The molecule has 1 aliphatic carbocycles. The van der Waals surface area contributed by atoms with E-state index < -0.39 is 0 Å². The molecule has 0 atom stereocenters. The summed E-state index contributed by atoms with van der Waals surface area (Å²) in [4.78, 5) is 16.6. The van der Waals surface area contributed by atoms with Crippen LogP contribution in [0.15, 0.2) is 47.9 Å². The molecule has 1 fully saturated rings. The van der Waals surface area contributed by atoms with Gasteiger partial charge in [-0.15, -0.1) is 10.2 Å². The van der Waals surface area contributed by atoms with Gasteiger partial charge in [-0.3, -0.25) is 14.3 Å². The Morgan fingerprint density at radius 2 is 1.97 bits per heavy atom. The number of methoxy groups -OCH3 is 2. The molecule has 0 bridgehead atoms. The van der Waals surface area contributed by atoms with Crippen molar-refractivity contribution in [1.82, 2.24) is 19.7 Å². The highest BCUT2D eigenvalue weighted by molar-refractivity contribution is 7.99. The monoisotopic (exact) mass is 411 g/mol. The molecule has 29 heavy (non-hydrogen) atoms. The fourth-order valence-corrected chi connectivity index (χ4v) is 3.77. The van der Waals surface area contributed by atoms with Crippen LogP contribution in [-0.2, 0) is 4.79 Å². The quantitative estimate of drug-likeness (QED) is 0.568. The van der Waals surface area contributed by atoms with Crippen LogP contribution in [0.1, 0.15) is 18.9 Å². The topological polar surface area (TPSA) is 91.2 Å². The molecular formula is C20H21N5O3S. The van der Waals surface area contributed by atoms with Gasteiger partial charge in [-0.05, 0) is 37.1 Å². The Morgan fingerprint density at radius 1 is 1.17 bits per heavy atom. The first kappa shape index (κ1) is 19.3. The zero-order valence-corrected chi connectivity index (χ0v) is 17.0. The van der Waals surface area contributed by atoms with E-state index >= 15 is 0 Å². The maximum Gasteiger partial charge on any atom is 0.234 e. The first-order valence-corrected chi connectivity index (χ1v) is 10.2. The third-order valence-electron chi connectivity index (χ3n) is 4.53. The van der Waals surface area contributed by atoms with E-state index in [1.54, 1.807) is 44.8 Å². The van der Waals surface area contributed by atoms with Crippen molar-refractivity contribution in [3.8, 4) is 22.9 Å². The molecule has 0 saturated heterocycles. The van der Waals surface area contributed by atoms with E-state index in [-0.39, 0.29) is 11.7 Å². The van der Waals surface area contributed by atoms with Gasteiger partial charge in [-0.25, -0.2) is 0 Å². The van der Waals surface area contributed by atoms with Crippen molar-refractivity contribution in [2.75, 3.05) is 25.3 Å². The summed E-state index contributed by atoms with van der Waals surface area (Å²) in [6.07, 6.45) is 5.67. The number of hydrogen-bond donors (Lipinski definition) is 1. The molecule has 0 radical (unpaired) electrons. The molecule has 4 rings (SSSR count). The second kappa shape index (κ2) is 8.52. The van der Waals surface area contributed by atoms with Crippen LogP contribution in [0, 0.1) is 0 Å². The summed E-state index contributed by atoms with van der Waals surface area (Å²) in [5.74, 6) is 2.08. The maximum absolute atomic E-state index is 12.5. The molecular weight excluding hydrogens is 390 g/mol. The lowest BCUT2D eigenvalue weighted by Gasteiger charge is -2.12. The van der Waals surface area contributed by atoms with Crippen molar-refractivity contribution >= 4 is 23.4 Å². The van der Waals surface area contributed by atoms with E-state index in [2.05, 4.69) is 25.1 Å². The summed E-state index contributed by atoms with van der Waals surface area (Å²) < 4.78 is 12.7. The molecule has 3 aromatic rings. The Labute approximate surface area is 172 Å². The molecule has 150 valence electrons. The average molecular weight is 411 g/mol. The number of anilines is 1. The van der Waals surface area contributed by atoms with Crippen LogP contribution < -0.4 is 14.8 Å². The van der Waals surface area contributed by atoms with Crippen molar-refractivity contribution in [3.05, 3.63) is 42.7 Å². The number of ether oxygens (including phenoxy) is 2. The van der Waals surface area contributed by atoms with Gasteiger partial charge in [0, 0.05) is 30.1 Å². The Hall–Kier alpha value is -3.07. The lowest BCUT2D eigenvalue weighted by atomic mass is 10.2. The van der Waals surface area contributed by atoms with Crippen molar-refractivity contribution in [3.63, 3.8) is 0 Å². The number of hydrogen-bond acceptors (Lipinski definition) is 7. The summed E-state index contributed by atoms with van der Waals surface area (Å²) >= 11 is 1.37. The first-order valence-electron chi connectivity index (χ1n) is 9.19. The van der Waals surface area contributed by atoms with E-state index in [0.29, 0.717) is 23.2 Å². The number of carbonyl (C=O) groups is 1. The Kier molecular flexibility index (Phi) is 5.66. The average Bonchev–Trinajstić information content (AvgIpc) is 3.51. The molecule has 0 unspecified atom stereocenters. The smallest absolute Gasteiger partial charge is 0.234 e. The van der Waals surface area contributed by atoms with E-state index in [1.165, 1.54) is 11.8 Å². The number of thioether (sulfide) groups is 1. The van der Waals surface area contributed by atoms with Gasteiger partial charge in [0.25, 0.3) is 0 Å². The molecule has 1 aliphatic rings. The van der Waals surface area contributed by atoms with Gasteiger partial charge in [-0.2, -0.15) is 0 Å². The summed E-state index contributed by atoms with van der Waals surface area (Å²) in [6, 6.07) is 9.49. The number of nitrogens with one attached hydrogen (secondary N) is 1. The summed E-state index contributed by atoms with van der Waals surface area (Å²) in [5, 5.41) is 12.3. The third-order valence-corrected chi connectivity index (χ3v) is 5.47. The van der Waals surface area contributed by atoms with Gasteiger partial charge in [0.05, 0.1) is 25.7 Å². The number of benzene rings is 1. The van der Waals surface area contributed by atoms with Crippen LogP contribution in [0.2, 0.25) is 0 Å². The van der Waals surface area contributed by atoms with Gasteiger partial charge >= 0.3 is 0 Å². The highest BCUT2D eigenvalue weighted by atomic mass is 32.2. The van der Waals surface area contributed by atoms with Crippen molar-refractivity contribution in [2.45, 2.75) is 24.0 Å². The van der Waals surface area contributed by atoms with Crippen LogP contribution >= 0.6 is 11.8 Å². The largest absolute Gasteiger partial charge is 0.497 e. The molecule has 0 aliphatic heterocycles. The van der Waals surface area contributed by atoms with Gasteiger partial charge in [0.1, 0.15) is 11.5 Å². The minimum atomic E-state index is -0.155. The zero-order chi connectivity index (χ0) is 20.2. The highest BCUT2D eigenvalue weighted by Crippen LogP contribution is 2.41. The van der Waals surface area contributed by atoms with Crippen molar-refractivity contribution in [2.24, 2.45) is 0 Å². The number of amides is 1. The highest BCUT2D eigenvalue weighted by Gasteiger charge is 2.30. The second-order valence-corrected chi connectivity index (χ2v) is 7.49. The molecule has 1 aromatic carbocycles. The first-order chi connectivity index (χ1) is 14.2.